The lowest BCUT2D eigenvalue weighted by atomic mass is 9.92. The van der Waals surface area contributed by atoms with Gasteiger partial charge in [-0.3, -0.25) is 4.79 Å². The molecule has 0 atom stereocenters. The summed E-state index contributed by atoms with van der Waals surface area (Å²) in [4.78, 5) is 16.2. The molecule has 1 aromatic carbocycles. The lowest BCUT2D eigenvalue weighted by Gasteiger charge is -2.24. The molecular weight excluding hydrogens is 272 g/mol. The number of hydrogen-bond acceptors (Lipinski definition) is 5. The Morgan fingerprint density at radius 2 is 2.15 bits per heavy atom. The zero-order valence-corrected chi connectivity index (χ0v) is 13.0. The van der Waals surface area contributed by atoms with Crippen molar-refractivity contribution in [3.8, 4) is 0 Å². The van der Waals surface area contributed by atoms with Crippen molar-refractivity contribution in [1.29, 1.82) is 0 Å². The van der Waals surface area contributed by atoms with E-state index in [1.54, 1.807) is 18.4 Å². The minimum Gasteiger partial charge on any atom is -0.397 e. The van der Waals surface area contributed by atoms with Gasteiger partial charge in [-0.15, -0.1) is 11.3 Å². The van der Waals surface area contributed by atoms with E-state index >= 15 is 0 Å². The number of nitrogens with two attached hydrogens (primary N) is 1. The number of hydrogen-bond donors (Lipinski definition) is 3. The van der Waals surface area contributed by atoms with E-state index in [1.165, 1.54) is 0 Å². The number of rotatable bonds is 4. The SMILES string of the molecule is CNC(=O)C(C)(C)CNc1cc2nc(C)sc2cc1N. The smallest absolute Gasteiger partial charge is 0.227 e. The van der Waals surface area contributed by atoms with Gasteiger partial charge in [-0.1, -0.05) is 0 Å². The molecule has 1 aromatic heterocycles. The van der Waals surface area contributed by atoms with Gasteiger partial charge in [0.05, 0.1) is 32.0 Å². The lowest BCUT2D eigenvalue weighted by Crippen LogP contribution is -2.39. The first kappa shape index (κ1) is 14.6. The van der Waals surface area contributed by atoms with Crippen molar-refractivity contribution >= 4 is 38.8 Å². The molecule has 20 heavy (non-hydrogen) atoms. The van der Waals surface area contributed by atoms with Crippen molar-refractivity contribution in [1.82, 2.24) is 10.3 Å². The average Bonchev–Trinajstić information content (AvgIpc) is 2.74. The molecular formula is C14H20N4OS. The summed E-state index contributed by atoms with van der Waals surface area (Å²) in [5.74, 6) is -0.00541. The van der Waals surface area contributed by atoms with Gasteiger partial charge in [-0.2, -0.15) is 0 Å². The Balaban J connectivity index is 2.21. The van der Waals surface area contributed by atoms with Crippen molar-refractivity contribution < 1.29 is 4.79 Å². The van der Waals surface area contributed by atoms with Crippen LogP contribution in [0, 0.1) is 12.3 Å². The molecule has 0 saturated heterocycles. The molecule has 108 valence electrons. The van der Waals surface area contributed by atoms with Gasteiger partial charge in [-0.25, -0.2) is 4.98 Å². The maximum atomic E-state index is 11.8. The highest BCUT2D eigenvalue weighted by atomic mass is 32.1. The summed E-state index contributed by atoms with van der Waals surface area (Å²) in [6, 6.07) is 3.86. The standard InChI is InChI=1S/C14H20N4OS/c1-8-18-11-6-10(9(15)5-12(11)20-8)17-7-14(2,3)13(19)16-4/h5-6,17H,7,15H2,1-4H3,(H,16,19). The van der Waals surface area contributed by atoms with Crippen LogP contribution < -0.4 is 16.4 Å². The van der Waals surface area contributed by atoms with Crippen LogP contribution in [-0.4, -0.2) is 24.5 Å². The fraction of sp³-hybridized carbons (Fsp3) is 0.429. The highest BCUT2D eigenvalue weighted by Crippen LogP contribution is 2.30. The molecule has 0 aliphatic heterocycles. The van der Waals surface area contributed by atoms with Gasteiger partial charge >= 0.3 is 0 Å². The van der Waals surface area contributed by atoms with E-state index in [2.05, 4.69) is 15.6 Å². The summed E-state index contributed by atoms with van der Waals surface area (Å²) in [5.41, 5.74) is 7.97. The number of carbonyl (C=O) groups excluding carboxylic acids is 1. The van der Waals surface area contributed by atoms with Gasteiger partial charge in [-0.05, 0) is 32.9 Å². The highest BCUT2D eigenvalue weighted by molar-refractivity contribution is 7.18. The molecule has 0 aliphatic rings. The molecule has 0 spiro atoms. The summed E-state index contributed by atoms with van der Waals surface area (Å²) in [6.07, 6.45) is 0. The first-order valence-electron chi connectivity index (χ1n) is 6.46. The third-order valence-electron chi connectivity index (χ3n) is 3.23. The van der Waals surface area contributed by atoms with Crippen molar-refractivity contribution in [3.63, 3.8) is 0 Å². The maximum Gasteiger partial charge on any atom is 0.227 e. The summed E-state index contributed by atoms with van der Waals surface area (Å²) in [6.45, 7) is 6.26. The minimum atomic E-state index is -0.506. The number of aryl methyl sites for hydroxylation is 1. The zero-order chi connectivity index (χ0) is 14.9. The monoisotopic (exact) mass is 292 g/mol. The second kappa shape index (κ2) is 5.28. The number of thiazole rings is 1. The van der Waals surface area contributed by atoms with E-state index in [0.29, 0.717) is 12.2 Å². The zero-order valence-electron chi connectivity index (χ0n) is 12.2. The van der Waals surface area contributed by atoms with Gasteiger partial charge in [0.2, 0.25) is 5.91 Å². The van der Waals surface area contributed by atoms with E-state index < -0.39 is 5.41 Å². The molecule has 0 fully saturated rings. The molecule has 2 rings (SSSR count). The van der Waals surface area contributed by atoms with Crippen molar-refractivity contribution in [2.24, 2.45) is 5.41 Å². The highest BCUT2D eigenvalue weighted by Gasteiger charge is 2.26. The molecule has 4 N–H and O–H groups in total. The molecule has 1 amide bonds. The van der Waals surface area contributed by atoms with Crippen LogP contribution in [0.4, 0.5) is 11.4 Å². The summed E-state index contributed by atoms with van der Waals surface area (Å²) in [7, 11) is 1.64. The van der Waals surface area contributed by atoms with Crippen LogP contribution in [-0.2, 0) is 4.79 Å². The number of fused-ring (bicyclic) bond motifs is 1. The average molecular weight is 292 g/mol. The predicted molar refractivity (Wildman–Crippen MR) is 85.1 cm³/mol. The topological polar surface area (TPSA) is 80.0 Å². The van der Waals surface area contributed by atoms with E-state index in [0.717, 1.165) is 20.9 Å². The molecule has 0 unspecified atom stereocenters. The number of aromatic nitrogens is 1. The Kier molecular flexibility index (Phi) is 3.85. The fourth-order valence-corrected chi connectivity index (χ4v) is 2.85. The fourth-order valence-electron chi connectivity index (χ4n) is 1.99. The van der Waals surface area contributed by atoms with Crippen LogP contribution in [0.5, 0.6) is 0 Å². The van der Waals surface area contributed by atoms with Gasteiger partial charge in [0.25, 0.3) is 0 Å². The van der Waals surface area contributed by atoms with Gasteiger partial charge < -0.3 is 16.4 Å². The van der Waals surface area contributed by atoms with Crippen LogP contribution in [0.2, 0.25) is 0 Å². The molecule has 6 heteroatoms. The van der Waals surface area contributed by atoms with Crippen molar-refractivity contribution in [2.75, 3.05) is 24.6 Å². The van der Waals surface area contributed by atoms with Crippen molar-refractivity contribution in [3.05, 3.63) is 17.1 Å². The Labute approximate surface area is 122 Å². The number of amides is 1. The third-order valence-corrected chi connectivity index (χ3v) is 4.16. The lowest BCUT2D eigenvalue weighted by molar-refractivity contribution is -0.128. The van der Waals surface area contributed by atoms with Gasteiger partial charge in [0.15, 0.2) is 0 Å². The Bertz CT molecular complexity index is 648. The number of nitrogens with one attached hydrogen (secondary N) is 2. The Hall–Kier alpha value is -1.82. The minimum absolute atomic E-state index is 0.00541. The van der Waals surface area contributed by atoms with Gasteiger partial charge in [0.1, 0.15) is 0 Å². The summed E-state index contributed by atoms with van der Waals surface area (Å²) in [5, 5.41) is 6.93. The first-order chi connectivity index (χ1) is 9.33. The summed E-state index contributed by atoms with van der Waals surface area (Å²) < 4.78 is 1.08. The molecule has 0 radical (unpaired) electrons. The van der Waals surface area contributed by atoms with E-state index in [4.69, 9.17) is 5.73 Å². The van der Waals surface area contributed by atoms with Crippen LogP contribution in [0.1, 0.15) is 18.9 Å². The molecule has 1 heterocycles. The number of nitrogens with zero attached hydrogens (tertiary/aromatic N) is 1. The third kappa shape index (κ3) is 2.85. The quantitative estimate of drug-likeness (QED) is 0.756. The van der Waals surface area contributed by atoms with Crippen LogP contribution in [0.3, 0.4) is 0 Å². The molecule has 0 aliphatic carbocycles. The first-order valence-corrected chi connectivity index (χ1v) is 7.28. The number of nitrogen functional groups attached to an aromatic ring is 1. The van der Waals surface area contributed by atoms with Gasteiger partial charge in [0, 0.05) is 13.6 Å². The normalized spacial score (nSPS) is 11.6. The van der Waals surface area contributed by atoms with E-state index in [-0.39, 0.29) is 5.91 Å². The van der Waals surface area contributed by atoms with Crippen molar-refractivity contribution in [2.45, 2.75) is 20.8 Å². The number of anilines is 2. The summed E-state index contributed by atoms with van der Waals surface area (Å²) >= 11 is 1.62. The van der Waals surface area contributed by atoms with Crippen LogP contribution >= 0.6 is 11.3 Å². The molecule has 5 nitrogen and oxygen atoms in total. The second-order valence-corrected chi connectivity index (χ2v) is 6.69. The Morgan fingerprint density at radius 1 is 1.45 bits per heavy atom. The molecule has 0 bridgehead atoms. The van der Waals surface area contributed by atoms with Crippen LogP contribution in [0.15, 0.2) is 12.1 Å². The molecule has 0 saturated carbocycles. The predicted octanol–water partition coefficient (Wildman–Crippen LogP) is 2.37. The molecule has 2 aromatic rings. The van der Waals surface area contributed by atoms with Crippen LogP contribution in [0.25, 0.3) is 10.2 Å². The maximum absolute atomic E-state index is 11.8. The second-order valence-electron chi connectivity index (χ2n) is 5.46. The number of carbonyl (C=O) groups is 1. The van der Waals surface area contributed by atoms with E-state index in [9.17, 15) is 4.79 Å². The van der Waals surface area contributed by atoms with E-state index in [1.807, 2.05) is 32.9 Å². The largest absolute Gasteiger partial charge is 0.397 e. The number of benzene rings is 1. The Morgan fingerprint density at radius 3 is 2.80 bits per heavy atom.